The maximum absolute atomic E-state index is 6.09. The van der Waals surface area contributed by atoms with E-state index in [1.807, 2.05) is 6.33 Å². The molecule has 3 rings (SSSR count). The monoisotopic (exact) mass is 193 g/mol. The second-order valence-electron chi connectivity index (χ2n) is 4.51. The van der Waals surface area contributed by atoms with Gasteiger partial charge in [0, 0.05) is 25.2 Å². The van der Waals surface area contributed by atoms with Crippen molar-refractivity contribution < 1.29 is 0 Å². The van der Waals surface area contributed by atoms with Crippen LogP contribution in [0.5, 0.6) is 0 Å². The molecule has 0 radical (unpaired) electrons. The van der Waals surface area contributed by atoms with Crippen LogP contribution in [0.3, 0.4) is 0 Å². The van der Waals surface area contributed by atoms with E-state index >= 15 is 0 Å². The van der Waals surface area contributed by atoms with Crippen molar-refractivity contribution in [2.75, 3.05) is 13.1 Å². The van der Waals surface area contributed by atoms with E-state index in [2.05, 4.69) is 19.7 Å². The molecule has 0 aromatic carbocycles. The van der Waals surface area contributed by atoms with Crippen molar-refractivity contribution in [3.8, 4) is 0 Å². The first kappa shape index (κ1) is 8.38. The SMILES string of the molecule is NC1(CN2CCn3cnnc3C2)CC1. The fourth-order valence-corrected chi connectivity index (χ4v) is 2.02. The smallest absolute Gasteiger partial charge is 0.147 e. The lowest BCUT2D eigenvalue weighted by atomic mass is 10.2. The zero-order valence-corrected chi connectivity index (χ0v) is 8.19. The van der Waals surface area contributed by atoms with Crippen molar-refractivity contribution in [3.05, 3.63) is 12.2 Å². The van der Waals surface area contributed by atoms with Crippen molar-refractivity contribution in [3.63, 3.8) is 0 Å². The van der Waals surface area contributed by atoms with Crippen LogP contribution in [0.1, 0.15) is 18.7 Å². The van der Waals surface area contributed by atoms with E-state index in [-0.39, 0.29) is 5.54 Å². The van der Waals surface area contributed by atoms with Crippen molar-refractivity contribution in [2.24, 2.45) is 5.73 Å². The zero-order valence-electron chi connectivity index (χ0n) is 8.19. The van der Waals surface area contributed by atoms with Crippen LogP contribution in [0.15, 0.2) is 6.33 Å². The molecule has 0 bridgehead atoms. The van der Waals surface area contributed by atoms with Crippen LogP contribution in [-0.2, 0) is 13.1 Å². The van der Waals surface area contributed by atoms with Gasteiger partial charge in [-0.15, -0.1) is 10.2 Å². The predicted octanol–water partition coefficient (Wildman–Crippen LogP) is -0.415. The third-order valence-electron chi connectivity index (χ3n) is 3.15. The van der Waals surface area contributed by atoms with E-state index in [0.29, 0.717) is 0 Å². The standard InChI is InChI=1S/C9H15N5/c10-9(1-2-9)6-13-3-4-14-7-11-12-8(14)5-13/h7H,1-6,10H2. The maximum atomic E-state index is 6.09. The van der Waals surface area contributed by atoms with E-state index in [9.17, 15) is 0 Å². The van der Waals surface area contributed by atoms with Gasteiger partial charge in [-0.3, -0.25) is 4.90 Å². The van der Waals surface area contributed by atoms with Crippen LogP contribution in [0.25, 0.3) is 0 Å². The summed E-state index contributed by atoms with van der Waals surface area (Å²) in [4.78, 5) is 2.39. The van der Waals surface area contributed by atoms with E-state index in [0.717, 1.165) is 32.0 Å². The lowest BCUT2D eigenvalue weighted by Crippen LogP contribution is -2.43. The van der Waals surface area contributed by atoms with Gasteiger partial charge in [0.25, 0.3) is 0 Å². The quantitative estimate of drug-likeness (QED) is 0.693. The highest BCUT2D eigenvalue weighted by molar-refractivity contribution is 5.02. The molecule has 2 aliphatic rings. The summed E-state index contributed by atoms with van der Waals surface area (Å²) in [6.07, 6.45) is 4.16. The Morgan fingerprint density at radius 3 is 3.07 bits per heavy atom. The maximum Gasteiger partial charge on any atom is 0.147 e. The van der Waals surface area contributed by atoms with Crippen LogP contribution in [0.4, 0.5) is 0 Å². The minimum Gasteiger partial charge on any atom is -0.324 e. The number of rotatable bonds is 2. The van der Waals surface area contributed by atoms with Gasteiger partial charge in [-0.2, -0.15) is 0 Å². The summed E-state index contributed by atoms with van der Waals surface area (Å²) in [7, 11) is 0. The summed E-state index contributed by atoms with van der Waals surface area (Å²) >= 11 is 0. The average molecular weight is 193 g/mol. The van der Waals surface area contributed by atoms with Crippen LogP contribution in [0.2, 0.25) is 0 Å². The highest BCUT2D eigenvalue weighted by Gasteiger charge is 2.40. The topological polar surface area (TPSA) is 60.0 Å². The number of hydrogen-bond donors (Lipinski definition) is 1. The molecule has 1 aliphatic heterocycles. The lowest BCUT2D eigenvalue weighted by Gasteiger charge is -2.29. The molecule has 2 N–H and O–H groups in total. The highest BCUT2D eigenvalue weighted by Crippen LogP contribution is 2.33. The summed E-state index contributed by atoms with van der Waals surface area (Å²) in [6.45, 7) is 3.99. The number of fused-ring (bicyclic) bond motifs is 1. The molecule has 14 heavy (non-hydrogen) atoms. The zero-order chi connectivity index (χ0) is 9.60. The molecule has 2 heterocycles. The van der Waals surface area contributed by atoms with Crippen LogP contribution in [-0.4, -0.2) is 38.3 Å². The molecule has 76 valence electrons. The Bertz CT molecular complexity index is 341. The largest absolute Gasteiger partial charge is 0.324 e. The van der Waals surface area contributed by atoms with Gasteiger partial charge < -0.3 is 10.3 Å². The fourth-order valence-electron chi connectivity index (χ4n) is 2.02. The van der Waals surface area contributed by atoms with Crippen molar-refractivity contribution in [1.82, 2.24) is 19.7 Å². The Morgan fingerprint density at radius 1 is 1.43 bits per heavy atom. The molecule has 0 spiro atoms. The first-order chi connectivity index (χ1) is 6.75. The van der Waals surface area contributed by atoms with E-state index in [1.165, 1.54) is 12.8 Å². The molecule has 0 unspecified atom stereocenters. The number of nitrogens with zero attached hydrogens (tertiary/aromatic N) is 4. The van der Waals surface area contributed by atoms with E-state index in [4.69, 9.17) is 5.73 Å². The van der Waals surface area contributed by atoms with Gasteiger partial charge in [-0.25, -0.2) is 0 Å². The Morgan fingerprint density at radius 2 is 2.29 bits per heavy atom. The average Bonchev–Trinajstić information content (AvgIpc) is 2.73. The summed E-state index contributed by atoms with van der Waals surface area (Å²) in [5, 5.41) is 7.99. The molecular formula is C9H15N5. The van der Waals surface area contributed by atoms with Gasteiger partial charge in [0.05, 0.1) is 6.54 Å². The lowest BCUT2D eigenvalue weighted by molar-refractivity contribution is 0.199. The molecule has 5 heteroatoms. The third kappa shape index (κ3) is 1.42. The summed E-state index contributed by atoms with van der Waals surface area (Å²) in [5.74, 6) is 1.07. The highest BCUT2D eigenvalue weighted by atomic mass is 15.3. The summed E-state index contributed by atoms with van der Waals surface area (Å²) in [5.41, 5.74) is 6.20. The molecule has 1 fully saturated rings. The number of nitrogens with two attached hydrogens (primary N) is 1. The van der Waals surface area contributed by atoms with Gasteiger partial charge >= 0.3 is 0 Å². The van der Waals surface area contributed by atoms with Crippen LogP contribution in [0, 0.1) is 0 Å². The molecule has 1 saturated carbocycles. The fraction of sp³-hybridized carbons (Fsp3) is 0.778. The number of aromatic nitrogens is 3. The Labute approximate surface area is 82.9 Å². The molecule has 5 nitrogen and oxygen atoms in total. The van der Waals surface area contributed by atoms with Gasteiger partial charge in [-0.05, 0) is 12.8 Å². The molecule has 1 aromatic rings. The summed E-state index contributed by atoms with van der Waals surface area (Å²) in [6, 6.07) is 0. The van der Waals surface area contributed by atoms with Gasteiger partial charge in [0.2, 0.25) is 0 Å². The van der Waals surface area contributed by atoms with E-state index < -0.39 is 0 Å². The number of hydrogen-bond acceptors (Lipinski definition) is 4. The molecule has 0 saturated heterocycles. The molecular weight excluding hydrogens is 178 g/mol. The normalized spacial score (nSPS) is 24.6. The minimum atomic E-state index is 0.113. The van der Waals surface area contributed by atoms with Gasteiger partial charge in [0.1, 0.15) is 12.2 Å². The van der Waals surface area contributed by atoms with Gasteiger partial charge in [0.15, 0.2) is 0 Å². The second-order valence-corrected chi connectivity index (χ2v) is 4.51. The summed E-state index contributed by atoms with van der Waals surface area (Å²) < 4.78 is 2.12. The molecule has 0 atom stereocenters. The molecule has 0 amide bonds. The molecule has 1 aliphatic carbocycles. The van der Waals surface area contributed by atoms with Crippen molar-refractivity contribution in [1.29, 1.82) is 0 Å². The third-order valence-corrected chi connectivity index (χ3v) is 3.15. The van der Waals surface area contributed by atoms with Gasteiger partial charge in [-0.1, -0.05) is 0 Å². The van der Waals surface area contributed by atoms with Crippen molar-refractivity contribution >= 4 is 0 Å². The Kier molecular flexibility index (Phi) is 1.66. The van der Waals surface area contributed by atoms with Crippen molar-refractivity contribution in [2.45, 2.75) is 31.5 Å². The first-order valence-electron chi connectivity index (χ1n) is 5.13. The predicted molar refractivity (Wildman–Crippen MR) is 51.5 cm³/mol. The van der Waals surface area contributed by atoms with E-state index in [1.54, 1.807) is 0 Å². The first-order valence-corrected chi connectivity index (χ1v) is 5.13. The molecule has 1 aromatic heterocycles. The second kappa shape index (κ2) is 2.77. The Balaban J connectivity index is 1.69. The Hall–Kier alpha value is -0.940. The minimum absolute atomic E-state index is 0.113. The van der Waals surface area contributed by atoms with Crippen LogP contribution < -0.4 is 5.73 Å². The van der Waals surface area contributed by atoms with Crippen LogP contribution >= 0.6 is 0 Å².